The molecule has 1 atom stereocenters. The molecule has 0 radical (unpaired) electrons. The number of nitrogen functional groups attached to an aromatic ring is 1. The van der Waals surface area contributed by atoms with Crippen molar-refractivity contribution in [2.75, 3.05) is 31.7 Å². The Bertz CT molecular complexity index is 324. The molecule has 0 aliphatic rings. The Labute approximate surface area is 97.1 Å². The normalized spacial score (nSPS) is 13.1. The second-order valence-electron chi connectivity index (χ2n) is 4.55. The van der Waals surface area contributed by atoms with Crippen molar-refractivity contribution >= 4 is 11.6 Å². The summed E-state index contributed by atoms with van der Waals surface area (Å²) in [5, 5.41) is 3.34. The molecule has 0 aliphatic heterocycles. The quantitative estimate of drug-likeness (QED) is 0.781. The van der Waals surface area contributed by atoms with E-state index < -0.39 is 0 Å². The molecule has 90 valence electrons. The van der Waals surface area contributed by atoms with Gasteiger partial charge in [0.2, 0.25) is 0 Å². The minimum Gasteiger partial charge on any atom is -0.381 e. The van der Waals surface area contributed by atoms with E-state index in [9.17, 15) is 0 Å². The van der Waals surface area contributed by atoms with Crippen molar-refractivity contribution in [3.05, 3.63) is 12.4 Å². The summed E-state index contributed by atoms with van der Waals surface area (Å²) in [4.78, 5) is 10.3. The average molecular weight is 223 g/mol. The molecule has 5 heteroatoms. The molecule has 1 aromatic heterocycles. The first-order chi connectivity index (χ1) is 7.50. The van der Waals surface area contributed by atoms with Crippen LogP contribution in [0.15, 0.2) is 12.4 Å². The van der Waals surface area contributed by atoms with Crippen LogP contribution in [0.3, 0.4) is 0 Å². The van der Waals surface area contributed by atoms with Gasteiger partial charge in [-0.15, -0.1) is 0 Å². The Hall–Kier alpha value is -1.36. The van der Waals surface area contributed by atoms with E-state index in [4.69, 9.17) is 5.73 Å². The van der Waals surface area contributed by atoms with Crippen LogP contribution >= 0.6 is 0 Å². The topological polar surface area (TPSA) is 67.1 Å². The van der Waals surface area contributed by atoms with Gasteiger partial charge in [-0.2, -0.15) is 0 Å². The van der Waals surface area contributed by atoms with E-state index in [1.807, 2.05) is 0 Å². The van der Waals surface area contributed by atoms with Gasteiger partial charge in [-0.3, -0.25) is 0 Å². The van der Waals surface area contributed by atoms with Crippen LogP contribution in [0.2, 0.25) is 0 Å². The molecular weight excluding hydrogens is 202 g/mol. The summed E-state index contributed by atoms with van der Waals surface area (Å²) in [5.74, 6) is 1.62. The highest BCUT2D eigenvalue weighted by Crippen LogP contribution is 2.15. The molecule has 0 bridgehead atoms. The van der Waals surface area contributed by atoms with E-state index in [1.54, 1.807) is 12.4 Å². The summed E-state index contributed by atoms with van der Waals surface area (Å²) in [6.07, 6.45) is 3.24. The minimum atomic E-state index is 0.314. The van der Waals surface area contributed by atoms with Gasteiger partial charge in [0.1, 0.15) is 0 Å². The highest BCUT2D eigenvalue weighted by Gasteiger charge is 2.15. The standard InChI is InChI=1S/C11H21N5/c1-8(2)9(7-16(3)4)15-11-10(12)13-5-6-14-11/h5-6,8-9H,7H2,1-4H3,(H2,12,13)(H,14,15). The summed E-state index contributed by atoms with van der Waals surface area (Å²) in [5.41, 5.74) is 5.75. The van der Waals surface area contributed by atoms with E-state index in [0.29, 0.717) is 23.6 Å². The molecule has 0 saturated heterocycles. The van der Waals surface area contributed by atoms with Crippen molar-refractivity contribution in [2.24, 2.45) is 5.92 Å². The summed E-state index contributed by atoms with van der Waals surface area (Å²) in [6, 6.07) is 0.314. The molecule has 16 heavy (non-hydrogen) atoms. The van der Waals surface area contributed by atoms with E-state index in [2.05, 4.69) is 48.1 Å². The van der Waals surface area contributed by atoms with E-state index in [0.717, 1.165) is 6.54 Å². The van der Waals surface area contributed by atoms with Crippen molar-refractivity contribution in [3.8, 4) is 0 Å². The first-order valence-corrected chi connectivity index (χ1v) is 5.48. The fourth-order valence-electron chi connectivity index (χ4n) is 1.45. The molecule has 0 saturated carbocycles. The smallest absolute Gasteiger partial charge is 0.169 e. The fraction of sp³-hybridized carbons (Fsp3) is 0.636. The molecular formula is C11H21N5. The Balaban J connectivity index is 2.72. The maximum atomic E-state index is 5.75. The fourth-order valence-corrected chi connectivity index (χ4v) is 1.45. The van der Waals surface area contributed by atoms with E-state index in [-0.39, 0.29) is 0 Å². The third kappa shape index (κ3) is 3.66. The number of aromatic nitrogens is 2. The van der Waals surface area contributed by atoms with Crippen LogP contribution in [-0.4, -0.2) is 41.5 Å². The number of anilines is 2. The summed E-state index contributed by atoms with van der Waals surface area (Å²) in [6.45, 7) is 5.29. The maximum Gasteiger partial charge on any atom is 0.169 e. The van der Waals surface area contributed by atoms with Crippen LogP contribution in [0.5, 0.6) is 0 Å². The zero-order valence-corrected chi connectivity index (χ0v) is 10.4. The SMILES string of the molecule is CC(C)C(CN(C)C)Nc1nccnc1N. The van der Waals surface area contributed by atoms with Crippen LogP contribution in [0, 0.1) is 5.92 Å². The highest BCUT2D eigenvalue weighted by molar-refractivity contribution is 5.55. The van der Waals surface area contributed by atoms with Gasteiger partial charge < -0.3 is 16.0 Å². The number of hydrogen-bond acceptors (Lipinski definition) is 5. The number of nitrogens with zero attached hydrogens (tertiary/aromatic N) is 3. The molecule has 0 spiro atoms. The molecule has 0 aromatic carbocycles. The number of likely N-dealkylation sites (N-methyl/N-ethyl adjacent to an activating group) is 1. The Morgan fingerprint density at radius 1 is 1.31 bits per heavy atom. The number of rotatable bonds is 5. The summed E-state index contributed by atoms with van der Waals surface area (Å²) < 4.78 is 0. The second-order valence-corrected chi connectivity index (χ2v) is 4.55. The molecule has 0 fully saturated rings. The third-order valence-electron chi connectivity index (χ3n) is 2.42. The second kappa shape index (κ2) is 5.65. The predicted octanol–water partition coefficient (Wildman–Crippen LogP) is 1.06. The molecule has 0 aliphatic carbocycles. The summed E-state index contributed by atoms with van der Waals surface area (Å²) in [7, 11) is 4.11. The van der Waals surface area contributed by atoms with Crippen molar-refractivity contribution < 1.29 is 0 Å². The number of nitrogens with two attached hydrogens (primary N) is 1. The predicted molar refractivity (Wildman–Crippen MR) is 67.2 cm³/mol. The zero-order valence-electron chi connectivity index (χ0n) is 10.4. The minimum absolute atomic E-state index is 0.314. The van der Waals surface area contributed by atoms with Gasteiger partial charge in [0, 0.05) is 25.0 Å². The largest absolute Gasteiger partial charge is 0.381 e. The number of nitrogens with one attached hydrogen (secondary N) is 1. The van der Waals surface area contributed by atoms with Gasteiger partial charge in [0.05, 0.1) is 0 Å². The van der Waals surface area contributed by atoms with Gasteiger partial charge in [-0.05, 0) is 20.0 Å². The van der Waals surface area contributed by atoms with Gasteiger partial charge in [0.15, 0.2) is 11.6 Å². The first kappa shape index (κ1) is 12.7. The van der Waals surface area contributed by atoms with Crippen molar-refractivity contribution in [2.45, 2.75) is 19.9 Å². The van der Waals surface area contributed by atoms with Crippen molar-refractivity contribution in [3.63, 3.8) is 0 Å². The Kier molecular flexibility index (Phi) is 4.49. The lowest BCUT2D eigenvalue weighted by molar-refractivity contribution is 0.344. The van der Waals surface area contributed by atoms with Gasteiger partial charge in [0.25, 0.3) is 0 Å². The van der Waals surface area contributed by atoms with Crippen molar-refractivity contribution in [1.29, 1.82) is 0 Å². The lowest BCUT2D eigenvalue weighted by atomic mass is 10.0. The molecule has 1 aromatic rings. The first-order valence-electron chi connectivity index (χ1n) is 5.48. The lowest BCUT2D eigenvalue weighted by Crippen LogP contribution is -2.36. The van der Waals surface area contributed by atoms with E-state index in [1.165, 1.54) is 0 Å². The average Bonchev–Trinajstić information content (AvgIpc) is 2.19. The molecule has 1 rings (SSSR count). The van der Waals surface area contributed by atoms with Crippen LogP contribution in [-0.2, 0) is 0 Å². The zero-order chi connectivity index (χ0) is 12.1. The van der Waals surface area contributed by atoms with Crippen LogP contribution in [0.1, 0.15) is 13.8 Å². The summed E-state index contributed by atoms with van der Waals surface area (Å²) >= 11 is 0. The van der Waals surface area contributed by atoms with Gasteiger partial charge >= 0.3 is 0 Å². The molecule has 1 heterocycles. The van der Waals surface area contributed by atoms with Gasteiger partial charge in [-0.1, -0.05) is 13.8 Å². The van der Waals surface area contributed by atoms with Gasteiger partial charge in [-0.25, -0.2) is 9.97 Å². The maximum absolute atomic E-state index is 5.75. The monoisotopic (exact) mass is 223 g/mol. The van der Waals surface area contributed by atoms with Crippen LogP contribution < -0.4 is 11.1 Å². The van der Waals surface area contributed by atoms with Crippen LogP contribution in [0.25, 0.3) is 0 Å². The number of hydrogen-bond donors (Lipinski definition) is 2. The third-order valence-corrected chi connectivity index (χ3v) is 2.42. The van der Waals surface area contributed by atoms with Crippen LogP contribution in [0.4, 0.5) is 11.6 Å². The molecule has 3 N–H and O–H groups in total. The van der Waals surface area contributed by atoms with E-state index >= 15 is 0 Å². The Morgan fingerprint density at radius 3 is 2.44 bits per heavy atom. The molecule has 0 amide bonds. The van der Waals surface area contributed by atoms with Crippen molar-refractivity contribution in [1.82, 2.24) is 14.9 Å². The molecule has 5 nitrogen and oxygen atoms in total. The Morgan fingerprint density at radius 2 is 1.94 bits per heavy atom. The lowest BCUT2D eigenvalue weighted by Gasteiger charge is -2.26. The highest BCUT2D eigenvalue weighted by atomic mass is 15.1. The molecule has 1 unspecified atom stereocenters.